The maximum Gasteiger partial charge on any atom is 0.243 e. The minimum absolute atomic E-state index is 0.193. The first-order valence-corrected chi connectivity index (χ1v) is 16.1. The summed E-state index contributed by atoms with van der Waals surface area (Å²) >= 11 is 0. The van der Waals surface area contributed by atoms with Gasteiger partial charge < -0.3 is 4.74 Å². The van der Waals surface area contributed by atoms with E-state index in [4.69, 9.17) is 4.74 Å². The molecule has 0 spiro atoms. The lowest BCUT2D eigenvalue weighted by molar-refractivity contribution is 0.401. The van der Waals surface area contributed by atoms with Gasteiger partial charge in [0, 0.05) is 56.9 Å². The second kappa shape index (κ2) is 11.6. The molecule has 6 aromatic rings. The number of aryl methyl sites for hydroxylation is 1. The van der Waals surface area contributed by atoms with Crippen molar-refractivity contribution in [3.8, 4) is 29.4 Å². The number of benzene rings is 6. The van der Waals surface area contributed by atoms with Crippen molar-refractivity contribution in [1.82, 2.24) is 4.31 Å². The van der Waals surface area contributed by atoms with E-state index in [1.807, 2.05) is 91.9 Å². The molecule has 218 valence electrons. The summed E-state index contributed by atoms with van der Waals surface area (Å²) in [5.74, 6) is 14.2. The number of ether oxygens (including phenoxy) is 1. The molecule has 0 N–H and O–H groups in total. The zero-order valence-electron chi connectivity index (χ0n) is 25.0. The van der Waals surface area contributed by atoms with Gasteiger partial charge in [0.25, 0.3) is 0 Å². The molecule has 0 saturated carbocycles. The van der Waals surface area contributed by atoms with Gasteiger partial charge in [0.15, 0.2) is 0 Å². The molecule has 45 heavy (non-hydrogen) atoms. The van der Waals surface area contributed by atoms with Gasteiger partial charge >= 0.3 is 0 Å². The molecule has 6 aromatic carbocycles. The first-order chi connectivity index (χ1) is 21.9. The van der Waals surface area contributed by atoms with E-state index in [-0.39, 0.29) is 18.0 Å². The molecule has 0 amide bonds. The first-order valence-electron chi connectivity index (χ1n) is 14.7. The van der Waals surface area contributed by atoms with Crippen LogP contribution in [-0.2, 0) is 23.1 Å². The van der Waals surface area contributed by atoms with E-state index in [0.717, 1.165) is 66.2 Å². The van der Waals surface area contributed by atoms with Crippen LogP contribution in [0.4, 0.5) is 0 Å². The highest BCUT2D eigenvalue weighted by molar-refractivity contribution is 7.89. The Morgan fingerprint density at radius 1 is 0.600 bits per heavy atom. The first kappa shape index (κ1) is 28.4. The van der Waals surface area contributed by atoms with Crippen molar-refractivity contribution in [3.05, 3.63) is 154 Å². The molecule has 1 aliphatic rings. The second-order valence-electron chi connectivity index (χ2n) is 11.2. The number of fused-ring (bicyclic) bond motifs is 4. The van der Waals surface area contributed by atoms with Crippen LogP contribution in [0.15, 0.2) is 120 Å². The van der Waals surface area contributed by atoms with Crippen LogP contribution in [0, 0.1) is 30.6 Å². The van der Waals surface area contributed by atoms with Gasteiger partial charge in [-0.15, -0.1) is 0 Å². The average Bonchev–Trinajstić information content (AvgIpc) is 3.05. The van der Waals surface area contributed by atoms with E-state index in [1.54, 1.807) is 19.2 Å². The van der Waals surface area contributed by atoms with Gasteiger partial charge in [-0.25, -0.2) is 8.42 Å². The quantitative estimate of drug-likeness (QED) is 0.153. The normalized spacial score (nSPS) is 13.0. The third-order valence-electron chi connectivity index (χ3n) is 8.11. The molecular weight excluding hydrogens is 575 g/mol. The summed E-state index contributed by atoms with van der Waals surface area (Å²) in [6, 6.07) is 36.9. The lowest BCUT2D eigenvalue weighted by Gasteiger charge is -2.23. The molecule has 4 nitrogen and oxygen atoms in total. The Hall–Kier alpha value is -5.33. The molecular formula is C40H29NO3S. The number of sulfonamides is 1. The average molecular weight is 604 g/mol. The van der Waals surface area contributed by atoms with Gasteiger partial charge in [-0.2, -0.15) is 4.31 Å². The Bertz CT molecular complexity index is 2230. The van der Waals surface area contributed by atoms with E-state index in [0.29, 0.717) is 0 Å². The molecule has 0 fully saturated rings. The topological polar surface area (TPSA) is 46.6 Å². The van der Waals surface area contributed by atoms with Crippen molar-refractivity contribution in [3.63, 3.8) is 0 Å². The summed E-state index contributed by atoms with van der Waals surface area (Å²) < 4.78 is 35.5. The van der Waals surface area contributed by atoms with Gasteiger partial charge in [-0.3, -0.25) is 0 Å². The van der Waals surface area contributed by atoms with Gasteiger partial charge in [0.05, 0.1) is 12.0 Å². The highest BCUT2D eigenvalue weighted by Crippen LogP contribution is 2.37. The smallest absolute Gasteiger partial charge is 0.243 e. The molecule has 7 rings (SSSR count). The van der Waals surface area contributed by atoms with Gasteiger partial charge in [0.1, 0.15) is 5.75 Å². The van der Waals surface area contributed by atoms with Crippen molar-refractivity contribution >= 4 is 31.6 Å². The summed E-state index contributed by atoms with van der Waals surface area (Å²) in [5.41, 5.74) is 6.06. The van der Waals surface area contributed by atoms with E-state index in [9.17, 15) is 8.42 Å². The number of hydrogen-bond acceptors (Lipinski definition) is 3. The molecule has 6 bridgehead atoms. The van der Waals surface area contributed by atoms with Crippen molar-refractivity contribution in [2.24, 2.45) is 0 Å². The minimum atomic E-state index is -3.81. The number of rotatable bonds is 3. The summed E-state index contributed by atoms with van der Waals surface area (Å²) in [6.07, 6.45) is 0. The zero-order valence-corrected chi connectivity index (χ0v) is 25.8. The summed E-state index contributed by atoms with van der Waals surface area (Å²) in [7, 11) is -2.11. The van der Waals surface area contributed by atoms with Crippen LogP contribution in [-0.4, -0.2) is 19.8 Å². The molecule has 1 heterocycles. The van der Waals surface area contributed by atoms with Crippen LogP contribution in [0.2, 0.25) is 0 Å². The van der Waals surface area contributed by atoms with Crippen molar-refractivity contribution in [2.45, 2.75) is 24.9 Å². The van der Waals surface area contributed by atoms with E-state index in [2.05, 4.69) is 41.9 Å². The van der Waals surface area contributed by atoms with Gasteiger partial charge in [-0.1, -0.05) is 89.9 Å². The van der Waals surface area contributed by atoms with Crippen LogP contribution in [0.25, 0.3) is 21.5 Å². The fourth-order valence-corrected chi connectivity index (χ4v) is 7.25. The Labute approximate surface area is 264 Å². The molecule has 5 heteroatoms. The lowest BCUT2D eigenvalue weighted by atomic mass is 9.95. The van der Waals surface area contributed by atoms with Crippen LogP contribution in [0.5, 0.6) is 5.75 Å². The molecule has 0 unspecified atom stereocenters. The standard InChI is InChI=1S/C40H29NO3S/c1-28-15-21-35(22-16-28)45(42,43)41-26-31-9-3-7-29(23-31)17-19-33-11-5-13-36-38(33)25-39-34(12-6-14-37(39)40(36)44-2)20-18-30-8-4-10-32(24-30)27-41/h3-16,21-25H,26-27H2,1-2H3. The van der Waals surface area contributed by atoms with Crippen molar-refractivity contribution in [1.29, 1.82) is 0 Å². The summed E-state index contributed by atoms with van der Waals surface area (Å²) in [4.78, 5) is 0.264. The Balaban J connectivity index is 1.45. The third-order valence-corrected chi connectivity index (χ3v) is 9.91. The van der Waals surface area contributed by atoms with E-state index < -0.39 is 10.0 Å². The van der Waals surface area contributed by atoms with E-state index >= 15 is 0 Å². The predicted octanol–water partition coefficient (Wildman–Crippen LogP) is 7.81. The van der Waals surface area contributed by atoms with Gasteiger partial charge in [-0.05, 0) is 72.6 Å². The molecule has 0 saturated heterocycles. The SMILES string of the molecule is COc1c2cccc3c2cc2c(cccc12)C#Cc1cccc(c1)CN(S(=O)(=O)c1ccc(C)cc1)Cc1cccc(c1)C#C3. The maximum absolute atomic E-state index is 14.0. The molecule has 0 aromatic heterocycles. The number of methoxy groups -OCH3 is 1. The highest BCUT2D eigenvalue weighted by Gasteiger charge is 2.25. The molecule has 0 aliphatic carbocycles. The summed E-state index contributed by atoms with van der Waals surface area (Å²) in [5, 5.41) is 3.93. The van der Waals surface area contributed by atoms with Crippen molar-refractivity contribution < 1.29 is 13.2 Å². The second-order valence-corrected chi connectivity index (χ2v) is 13.1. The number of nitrogens with zero attached hydrogens (tertiary/aromatic N) is 1. The van der Waals surface area contributed by atoms with E-state index in [1.165, 1.54) is 4.31 Å². The fourth-order valence-electron chi connectivity index (χ4n) is 5.83. The molecule has 1 aliphatic heterocycles. The lowest BCUT2D eigenvalue weighted by Crippen LogP contribution is -2.30. The molecule has 0 radical (unpaired) electrons. The monoisotopic (exact) mass is 603 g/mol. The van der Waals surface area contributed by atoms with Crippen LogP contribution >= 0.6 is 0 Å². The summed E-state index contributed by atoms with van der Waals surface area (Å²) in [6.45, 7) is 2.33. The third kappa shape index (κ3) is 5.56. The minimum Gasteiger partial charge on any atom is -0.495 e. The Kier molecular flexibility index (Phi) is 7.35. The Morgan fingerprint density at radius 3 is 1.62 bits per heavy atom. The van der Waals surface area contributed by atoms with Crippen LogP contribution in [0.3, 0.4) is 0 Å². The highest BCUT2D eigenvalue weighted by atomic mass is 32.2. The van der Waals surface area contributed by atoms with Gasteiger partial charge in [0.2, 0.25) is 10.0 Å². The van der Waals surface area contributed by atoms with Crippen LogP contribution in [0.1, 0.15) is 38.9 Å². The molecule has 0 atom stereocenters. The predicted molar refractivity (Wildman–Crippen MR) is 180 cm³/mol. The largest absolute Gasteiger partial charge is 0.495 e. The zero-order chi connectivity index (χ0) is 31.0. The Morgan fingerprint density at radius 2 is 1.11 bits per heavy atom. The fraction of sp³-hybridized carbons (Fsp3) is 0.100. The maximum atomic E-state index is 14.0. The van der Waals surface area contributed by atoms with Crippen molar-refractivity contribution in [2.75, 3.05) is 7.11 Å². The van der Waals surface area contributed by atoms with Crippen LogP contribution < -0.4 is 4.74 Å². The number of hydrogen-bond donors (Lipinski definition) is 0.